The number of primary amides is 1. The molecular formula is C15H25NO3. The predicted octanol–water partition coefficient (Wildman–Crippen LogP) is 2.42. The minimum atomic E-state index is -0.886. The van der Waals surface area contributed by atoms with E-state index in [9.17, 15) is 14.7 Å². The molecule has 0 aromatic carbocycles. The van der Waals surface area contributed by atoms with Gasteiger partial charge in [-0.1, -0.05) is 27.2 Å². The third-order valence-corrected chi connectivity index (χ3v) is 5.53. The molecule has 0 spiro atoms. The van der Waals surface area contributed by atoms with Crippen LogP contribution in [0.3, 0.4) is 0 Å². The van der Waals surface area contributed by atoms with Gasteiger partial charge in [0.05, 0.1) is 10.8 Å². The fourth-order valence-electron chi connectivity index (χ4n) is 4.46. The Bertz CT molecular complexity index is 400. The van der Waals surface area contributed by atoms with Crippen LogP contribution in [0.4, 0.5) is 0 Å². The number of hydrogen-bond acceptors (Lipinski definition) is 2. The fraction of sp³-hybridized carbons (Fsp3) is 0.867. The van der Waals surface area contributed by atoms with E-state index in [2.05, 4.69) is 20.8 Å². The summed E-state index contributed by atoms with van der Waals surface area (Å²) >= 11 is 0. The second-order valence-corrected chi connectivity index (χ2v) is 6.96. The van der Waals surface area contributed by atoms with Crippen LogP contribution in [-0.2, 0) is 9.59 Å². The summed E-state index contributed by atoms with van der Waals surface area (Å²) in [6.07, 6.45) is 3.81. The SMILES string of the molecule is CC(C)[C@@H]1CC[C@@H](C)C[C@]1(C(N)=O)C1(C(=O)O)CC1. The van der Waals surface area contributed by atoms with Crippen molar-refractivity contribution in [2.24, 2.45) is 34.3 Å². The molecule has 3 N–H and O–H groups in total. The molecule has 19 heavy (non-hydrogen) atoms. The van der Waals surface area contributed by atoms with Gasteiger partial charge in [0.15, 0.2) is 0 Å². The molecule has 108 valence electrons. The molecule has 0 unspecified atom stereocenters. The highest BCUT2D eigenvalue weighted by Crippen LogP contribution is 2.67. The molecule has 4 nitrogen and oxygen atoms in total. The molecule has 0 bridgehead atoms. The number of nitrogens with two attached hydrogens (primary N) is 1. The van der Waals surface area contributed by atoms with Crippen molar-refractivity contribution in [2.45, 2.75) is 52.9 Å². The molecule has 2 aliphatic rings. The molecule has 0 aromatic heterocycles. The van der Waals surface area contributed by atoms with Gasteiger partial charge in [-0.25, -0.2) is 0 Å². The van der Waals surface area contributed by atoms with Crippen molar-refractivity contribution in [2.75, 3.05) is 0 Å². The van der Waals surface area contributed by atoms with E-state index < -0.39 is 22.7 Å². The van der Waals surface area contributed by atoms with Gasteiger partial charge in [0, 0.05) is 0 Å². The van der Waals surface area contributed by atoms with Gasteiger partial charge in [-0.15, -0.1) is 0 Å². The summed E-state index contributed by atoms with van der Waals surface area (Å²) in [6.45, 7) is 6.26. The Morgan fingerprint density at radius 3 is 2.21 bits per heavy atom. The molecule has 0 aromatic rings. The lowest BCUT2D eigenvalue weighted by Gasteiger charge is -2.49. The molecule has 4 heteroatoms. The van der Waals surface area contributed by atoms with E-state index in [1.165, 1.54) is 0 Å². The van der Waals surface area contributed by atoms with E-state index >= 15 is 0 Å². The maximum Gasteiger partial charge on any atom is 0.310 e. The fourth-order valence-corrected chi connectivity index (χ4v) is 4.46. The van der Waals surface area contributed by atoms with Gasteiger partial charge in [0.2, 0.25) is 5.91 Å². The number of hydrogen-bond donors (Lipinski definition) is 2. The quantitative estimate of drug-likeness (QED) is 0.820. The van der Waals surface area contributed by atoms with Crippen molar-refractivity contribution >= 4 is 11.9 Å². The van der Waals surface area contributed by atoms with E-state index in [1.54, 1.807) is 0 Å². The number of carboxylic acid groups (broad SMARTS) is 1. The molecular weight excluding hydrogens is 242 g/mol. The summed E-state index contributed by atoms with van der Waals surface area (Å²) in [5.41, 5.74) is 4.03. The largest absolute Gasteiger partial charge is 0.481 e. The van der Waals surface area contributed by atoms with Crippen LogP contribution in [0, 0.1) is 28.6 Å². The molecule has 0 radical (unpaired) electrons. The average molecular weight is 267 g/mol. The van der Waals surface area contributed by atoms with Crippen molar-refractivity contribution in [3.8, 4) is 0 Å². The normalized spacial score (nSPS) is 37.1. The molecule has 2 aliphatic carbocycles. The molecule has 0 heterocycles. The second-order valence-electron chi connectivity index (χ2n) is 6.96. The first-order chi connectivity index (χ1) is 8.78. The number of carbonyl (C=O) groups is 2. The van der Waals surface area contributed by atoms with Gasteiger partial charge in [-0.3, -0.25) is 9.59 Å². The lowest BCUT2D eigenvalue weighted by molar-refractivity contribution is -0.165. The Morgan fingerprint density at radius 1 is 1.26 bits per heavy atom. The number of rotatable bonds is 4. The molecule has 2 rings (SSSR count). The van der Waals surface area contributed by atoms with E-state index in [4.69, 9.17) is 5.73 Å². The third kappa shape index (κ3) is 1.87. The van der Waals surface area contributed by atoms with Crippen LogP contribution >= 0.6 is 0 Å². The van der Waals surface area contributed by atoms with Gasteiger partial charge in [-0.2, -0.15) is 0 Å². The van der Waals surface area contributed by atoms with Crippen molar-refractivity contribution < 1.29 is 14.7 Å². The van der Waals surface area contributed by atoms with E-state index in [-0.39, 0.29) is 11.8 Å². The summed E-state index contributed by atoms with van der Waals surface area (Å²) in [5.74, 6) is -0.459. The summed E-state index contributed by atoms with van der Waals surface area (Å²) < 4.78 is 0. The Balaban J connectivity index is 2.51. The third-order valence-electron chi connectivity index (χ3n) is 5.53. The summed E-state index contributed by atoms with van der Waals surface area (Å²) in [7, 11) is 0. The van der Waals surface area contributed by atoms with Crippen LogP contribution < -0.4 is 5.73 Å². The van der Waals surface area contributed by atoms with E-state index in [0.29, 0.717) is 25.2 Å². The van der Waals surface area contributed by atoms with E-state index in [0.717, 1.165) is 12.8 Å². The van der Waals surface area contributed by atoms with Gasteiger partial charge < -0.3 is 10.8 Å². The first-order valence-electron chi connectivity index (χ1n) is 7.31. The summed E-state index contributed by atoms with van der Waals surface area (Å²) in [5, 5.41) is 9.65. The maximum atomic E-state index is 12.3. The van der Waals surface area contributed by atoms with Gasteiger partial charge in [-0.05, 0) is 43.4 Å². The monoisotopic (exact) mass is 267 g/mol. The minimum Gasteiger partial charge on any atom is -0.481 e. The Labute approximate surface area is 114 Å². The van der Waals surface area contributed by atoms with Crippen LogP contribution in [0.25, 0.3) is 0 Å². The van der Waals surface area contributed by atoms with Crippen LogP contribution in [0.1, 0.15) is 52.9 Å². The van der Waals surface area contributed by atoms with Crippen LogP contribution in [0.2, 0.25) is 0 Å². The zero-order valence-corrected chi connectivity index (χ0v) is 12.1. The van der Waals surface area contributed by atoms with Crippen molar-refractivity contribution in [1.82, 2.24) is 0 Å². The smallest absolute Gasteiger partial charge is 0.310 e. The topological polar surface area (TPSA) is 80.4 Å². The number of carbonyl (C=O) groups excluding carboxylic acids is 1. The highest BCUT2D eigenvalue weighted by atomic mass is 16.4. The average Bonchev–Trinajstić information content (AvgIpc) is 3.08. The molecule has 2 fully saturated rings. The summed E-state index contributed by atoms with van der Waals surface area (Å²) in [6, 6.07) is 0. The molecule has 2 saturated carbocycles. The van der Waals surface area contributed by atoms with Gasteiger partial charge in [0.25, 0.3) is 0 Å². The van der Waals surface area contributed by atoms with E-state index in [1.807, 2.05) is 0 Å². The van der Waals surface area contributed by atoms with Crippen molar-refractivity contribution in [3.63, 3.8) is 0 Å². The Morgan fingerprint density at radius 2 is 1.84 bits per heavy atom. The maximum absolute atomic E-state index is 12.3. The first-order valence-corrected chi connectivity index (χ1v) is 7.31. The van der Waals surface area contributed by atoms with Crippen molar-refractivity contribution in [1.29, 1.82) is 0 Å². The van der Waals surface area contributed by atoms with Crippen LogP contribution in [-0.4, -0.2) is 17.0 Å². The van der Waals surface area contributed by atoms with Gasteiger partial charge in [0.1, 0.15) is 0 Å². The van der Waals surface area contributed by atoms with Crippen LogP contribution in [0.5, 0.6) is 0 Å². The molecule has 1 amide bonds. The summed E-state index contributed by atoms with van der Waals surface area (Å²) in [4.78, 5) is 24.0. The second kappa shape index (κ2) is 4.50. The lowest BCUT2D eigenvalue weighted by atomic mass is 9.52. The zero-order chi connectivity index (χ0) is 14.4. The minimum absolute atomic E-state index is 0.0970. The lowest BCUT2D eigenvalue weighted by Crippen LogP contribution is -2.56. The predicted molar refractivity (Wildman–Crippen MR) is 72.3 cm³/mol. The Hall–Kier alpha value is -1.06. The number of carboxylic acids is 1. The first kappa shape index (κ1) is 14.4. The highest BCUT2D eigenvalue weighted by Gasteiger charge is 2.70. The molecule has 0 aliphatic heterocycles. The zero-order valence-electron chi connectivity index (χ0n) is 12.1. The van der Waals surface area contributed by atoms with Gasteiger partial charge >= 0.3 is 5.97 Å². The highest BCUT2D eigenvalue weighted by molar-refractivity contribution is 5.92. The van der Waals surface area contributed by atoms with Crippen molar-refractivity contribution in [3.05, 3.63) is 0 Å². The molecule has 0 saturated heterocycles. The van der Waals surface area contributed by atoms with Crippen LogP contribution in [0.15, 0.2) is 0 Å². The number of aliphatic carboxylic acids is 1. The molecule has 3 atom stereocenters. The Kier molecular flexibility index (Phi) is 3.40. The standard InChI is InChI=1S/C15H25NO3/c1-9(2)11-5-4-10(3)8-15(11,12(16)17)14(6-7-14)13(18)19/h9-11H,4-8H2,1-3H3,(H2,16,17)(H,18,19)/t10-,11+,15+/m1/s1. The number of amides is 1.